The van der Waals surface area contributed by atoms with Crippen molar-refractivity contribution in [1.29, 1.82) is 0 Å². The lowest BCUT2D eigenvalue weighted by molar-refractivity contribution is -0.130. The summed E-state index contributed by atoms with van der Waals surface area (Å²) in [5.41, 5.74) is 2.04. The fourth-order valence-electron chi connectivity index (χ4n) is 3.66. The molecule has 2 aromatic heterocycles. The number of carbonyl (C=O) groups excluding carboxylic acids is 2. The molecule has 0 spiro atoms. The Morgan fingerprint density at radius 3 is 2.42 bits per heavy atom. The minimum atomic E-state index is -0.217. The van der Waals surface area contributed by atoms with Gasteiger partial charge in [-0.1, -0.05) is 26.0 Å². The van der Waals surface area contributed by atoms with Crippen LogP contribution >= 0.6 is 11.3 Å². The van der Waals surface area contributed by atoms with Crippen LogP contribution in [0.1, 0.15) is 34.9 Å². The SMILES string of the molecule is CC(C)Cc1nc(C(=O)Nc2ccc(CC(=O)N3CCN(c4ncccn4)CC3)cc2)cs1. The number of nitrogens with zero attached hydrogens (tertiary/aromatic N) is 5. The maximum Gasteiger partial charge on any atom is 0.275 e. The van der Waals surface area contributed by atoms with Gasteiger partial charge in [0.2, 0.25) is 11.9 Å². The van der Waals surface area contributed by atoms with Gasteiger partial charge in [0, 0.05) is 56.1 Å². The number of carbonyl (C=O) groups is 2. The van der Waals surface area contributed by atoms with Crippen LogP contribution in [0.3, 0.4) is 0 Å². The lowest BCUT2D eigenvalue weighted by Gasteiger charge is -2.34. The first-order chi connectivity index (χ1) is 16.0. The maximum atomic E-state index is 12.7. The Morgan fingerprint density at radius 1 is 1.06 bits per heavy atom. The zero-order chi connectivity index (χ0) is 23.2. The van der Waals surface area contributed by atoms with E-state index >= 15 is 0 Å². The highest BCUT2D eigenvalue weighted by Gasteiger charge is 2.22. The first kappa shape index (κ1) is 22.8. The lowest BCUT2D eigenvalue weighted by Crippen LogP contribution is -2.49. The molecule has 0 radical (unpaired) electrons. The molecule has 2 amide bonds. The molecule has 1 aliphatic heterocycles. The second kappa shape index (κ2) is 10.5. The van der Waals surface area contributed by atoms with Gasteiger partial charge < -0.3 is 15.1 Å². The van der Waals surface area contributed by atoms with Gasteiger partial charge in [-0.2, -0.15) is 0 Å². The van der Waals surface area contributed by atoms with Crippen molar-refractivity contribution in [2.75, 3.05) is 36.4 Å². The Balaban J connectivity index is 1.26. The molecule has 0 unspecified atom stereocenters. The number of aromatic nitrogens is 3. The van der Waals surface area contributed by atoms with Crippen molar-refractivity contribution in [2.24, 2.45) is 5.92 Å². The van der Waals surface area contributed by atoms with Crippen LogP contribution in [-0.2, 0) is 17.6 Å². The van der Waals surface area contributed by atoms with Gasteiger partial charge in [-0.25, -0.2) is 15.0 Å². The number of benzene rings is 1. The Hall–Kier alpha value is -3.33. The van der Waals surface area contributed by atoms with Crippen molar-refractivity contribution >= 4 is 34.8 Å². The van der Waals surface area contributed by atoms with Crippen LogP contribution in [0.2, 0.25) is 0 Å². The van der Waals surface area contributed by atoms with Gasteiger partial charge >= 0.3 is 0 Å². The molecule has 1 N–H and O–H groups in total. The van der Waals surface area contributed by atoms with Gasteiger partial charge in [-0.15, -0.1) is 11.3 Å². The summed E-state index contributed by atoms with van der Waals surface area (Å²) in [6.45, 7) is 7.00. The normalized spacial score (nSPS) is 13.9. The van der Waals surface area contributed by atoms with Crippen LogP contribution in [-0.4, -0.2) is 57.8 Å². The van der Waals surface area contributed by atoms with Crippen LogP contribution in [0.4, 0.5) is 11.6 Å². The summed E-state index contributed by atoms with van der Waals surface area (Å²) in [5, 5.41) is 5.65. The first-order valence-corrected chi connectivity index (χ1v) is 12.0. The number of nitrogens with one attached hydrogen (secondary N) is 1. The van der Waals surface area contributed by atoms with Crippen LogP contribution in [0.5, 0.6) is 0 Å². The number of hydrogen-bond donors (Lipinski definition) is 1. The third kappa shape index (κ3) is 6.13. The average molecular weight is 465 g/mol. The summed E-state index contributed by atoms with van der Waals surface area (Å²) in [6, 6.07) is 9.21. The monoisotopic (exact) mass is 464 g/mol. The number of thiazole rings is 1. The van der Waals surface area contributed by atoms with Crippen molar-refractivity contribution < 1.29 is 9.59 Å². The van der Waals surface area contributed by atoms with E-state index in [0.29, 0.717) is 42.8 Å². The Labute approximate surface area is 197 Å². The van der Waals surface area contributed by atoms with Gasteiger partial charge in [0.05, 0.1) is 11.4 Å². The lowest BCUT2D eigenvalue weighted by atomic mass is 10.1. The first-order valence-electron chi connectivity index (χ1n) is 11.1. The Bertz CT molecular complexity index is 1080. The van der Waals surface area contributed by atoms with E-state index in [1.54, 1.807) is 23.8 Å². The predicted molar refractivity (Wildman–Crippen MR) is 130 cm³/mol. The van der Waals surface area contributed by atoms with Gasteiger partial charge in [-0.05, 0) is 29.7 Å². The van der Waals surface area contributed by atoms with E-state index in [-0.39, 0.29) is 11.8 Å². The summed E-state index contributed by atoms with van der Waals surface area (Å²) in [5.74, 6) is 1.09. The molecule has 0 atom stereocenters. The molecule has 3 heterocycles. The molecule has 33 heavy (non-hydrogen) atoms. The number of piperazine rings is 1. The number of amides is 2. The zero-order valence-corrected chi connectivity index (χ0v) is 19.7. The standard InChI is InChI=1S/C24H28N6O2S/c1-17(2)14-21-28-20(16-33-21)23(32)27-19-6-4-18(5-7-19)15-22(31)29-10-12-30(13-11-29)24-25-8-3-9-26-24/h3-9,16-17H,10-15H2,1-2H3,(H,27,32). The molecule has 1 aromatic carbocycles. The quantitative estimate of drug-likeness (QED) is 0.577. The number of rotatable bonds is 7. The molecular formula is C24H28N6O2S. The molecule has 0 aliphatic carbocycles. The highest BCUT2D eigenvalue weighted by atomic mass is 32.1. The van der Waals surface area contributed by atoms with Crippen molar-refractivity contribution in [3.63, 3.8) is 0 Å². The van der Waals surface area contributed by atoms with Crippen molar-refractivity contribution in [1.82, 2.24) is 19.9 Å². The molecule has 8 nitrogen and oxygen atoms in total. The fourth-order valence-corrected chi connectivity index (χ4v) is 4.64. The molecule has 1 fully saturated rings. The zero-order valence-electron chi connectivity index (χ0n) is 18.9. The number of anilines is 2. The molecule has 0 saturated carbocycles. The van der Waals surface area contributed by atoms with E-state index in [0.717, 1.165) is 30.1 Å². The largest absolute Gasteiger partial charge is 0.339 e. The van der Waals surface area contributed by atoms with Gasteiger partial charge in [0.25, 0.3) is 5.91 Å². The van der Waals surface area contributed by atoms with Crippen molar-refractivity contribution in [3.05, 3.63) is 64.4 Å². The van der Waals surface area contributed by atoms with E-state index in [2.05, 4.69) is 39.0 Å². The summed E-state index contributed by atoms with van der Waals surface area (Å²) >= 11 is 1.51. The third-order valence-electron chi connectivity index (χ3n) is 5.40. The minimum absolute atomic E-state index is 0.0978. The molecule has 0 bridgehead atoms. The topological polar surface area (TPSA) is 91.3 Å². The van der Waals surface area contributed by atoms with E-state index in [1.807, 2.05) is 29.2 Å². The molecule has 4 rings (SSSR count). The van der Waals surface area contributed by atoms with E-state index in [1.165, 1.54) is 11.3 Å². The van der Waals surface area contributed by atoms with E-state index in [9.17, 15) is 9.59 Å². The Morgan fingerprint density at radius 2 is 1.76 bits per heavy atom. The number of hydrogen-bond acceptors (Lipinski definition) is 7. The minimum Gasteiger partial charge on any atom is -0.339 e. The van der Waals surface area contributed by atoms with Gasteiger partial charge in [0.1, 0.15) is 5.69 Å². The second-order valence-electron chi connectivity index (χ2n) is 8.47. The van der Waals surface area contributed by atoms with E-state index < -0.39 is 0 Å². The highest BCUT2D eigenvalue weighted by molar-refractivity contribution is 7.09. The van der Waals surface area contributed by atoms with E-state index in [4.69, 9.17) is 0 Å². The fraction of sp³-hybridized carbons (Fsp3) is 0.375. The van der Waals surface area contributed by atoms with Gasteiger partial charge in [0.15, 0.2) is 0 Å². The molecule has 3 aromatic rings. The molecule has 172 valence electrons. The van der Waals surface area contributed by atoms with Gasteiger partial charge in [-0.3, -0.25) is 9.59 Å². The van der Waals surface area contributed by atoms with Crippen LogP contribution in [0.25, 0.3) is 0 Å². The molecular weight excluding hydrogens is 436 g/mol. The second-order valence-corrected chi connectivity index (χ2v) is 9.41. The molecule has 1 saturated heterocycles. The van der Waals surface area contributed by atoms with Crippen LogP contribution < -0.4 is 10.2 Å². The smallest absolute Gasteiger partial charge is 0.275 e. The maximum absolute atomic E-state index is 12.7. The summed E-state index contributed by atoms with van der Waals surface area (Å²) in [6.07, 6.45) is 4.66. The van der Waals surface area contributed by atoms with Crippen LogP contribution in [0, 0.1) is 5.92 Å². The summed E-state index contributed by atoms with van der Waals surface area (Å²) in [7, 11) is 0. The molecule has 9 heteroatoms. The van der Waals surface area contributed by atoms with Crippen LogP contribution in [0.15, 0.2) is 48.1 Å². The van der Waals surface area contributed by atoms with Crippen molar-refractivity contribution in [3.8, 4) is 0 Å². The Kier molecular flexibility index (Phi) is 7.29. The third-order valence-corrected chi connectivity index (χ3v) is 6.27. The highest BCUT2D eigenvalue weighted by Crippen LogP contribution is 2.17. The average Bonchev–Trinajstić information content (AvgIpc) is 3.29. The summed E-state index contributed by atoms with van der Waals surface area (Å²) in [4.78, 5) is 42.2. The summed E-state index contributed by atoms with van der Waals surface area (Å²) < 4.78 is 0. The predicted octanol–water partition coefficient (Wildman–Crippen LogP) is 3.28. The molecule has 1 aliphatic rings. The van der Waals surface area contributed by atoms with Crippen molar-refractivity contribution in [2.45, 2.75) is 26.7 Å².